The van der Waals surface area contributed by atoms with Crippen LogP contribution in [0.15, 0.2) is 50.3 Å². The molecule has 0 fully saturated rings. The molecule has 1 unspecified atom stereocenters. The van der Waals surface area contributed by atoms with E-state index in [0.717, 1.165) is 11.3 Å². The Balaban J connectivity index is 1.59. The predicted octanol–water partition coefficient (Wildman–Crippen LogP) is 2.10. The van der Waals surface area contributed by atoms with Crippen molar-refractivity contribution in [1.82, 2.24) is 15.2 Å². The second-order valence-corrected chi connectivity index (χ2v) is 7.85. The summed E-state index contributed by atoms with van der Waals surface area (Å²) in [6.07, 6.45) is 4.08. The third-order valence-electron chi connectivity index (χ3n) is 4.61. The van der Waals surface area contributed by atoms with Gasteiger partial charge in [0.05, 0.1) is 5.70 Å². The number of likely N-dealkylation sites (N-methyl/N-ethyl adjacent to an activating group) is 1. The van der Waals surface area contributed by atoms with Gasteiger partial charge in [0.25, 0.3) is 5.91 Å². The molecule has 31 heavy (non-hydrogen) atoms. The first-order valence-electron chi connectivity index (χ1n) is 9.60. The Hall–Kier alpha value is -3.05. The van der Waals surface area contributed by atoms with Crippen molar-refractivity contribution >= 4 is 35.9 Å². The van der Waals surface area contributed by atoms with Gasteiger partial charge in [0, 0.05) is 42.8 Å². The molecular weight excluding hydrogens is 420 g/mol. The molecule has 1 amide bonds. The monoisotopic (exact) mass is 446 g/mol. The molecule has 2 aliphatic heterocycles. The molecule has 0 saturated heterocycles. The summed E-state index contributed by atoms with van der Waals surface area (Å²) in [7, 11) is 4.60. The maximum absolute atomic E-state index is 12.1. The highest BCUT2D eigenvalue weighted by Gasteiger charge is 2.37. The SMILES string of the molecule is CNC(=O)/C(=N/OC)c1ccccc1CON=CCC1=C(C)SC2N(COC)C=NN12. The third kappa shape index (κ3) is 5.17. The van der Waals surface area contributed by atoms with E-state index in [1.807, 2.05) is 28.1 Å². The molecule has 0 saturated carbocycles. The van der Waals surface area contributed by atoms with Crippen molar-refractivity contribution in [2.24, 2.45) is 15.4 Å². The number of thioether (sulfide) groups is 1. The standard InChI is InChI=1S/C20H26N6O4S/c1-14-17(26-20(31-14)25(12-22-26)13-28-3)9-10-23-30-11-15-7-5-6-8-16(15)18(24-29-4)19(27)21-2/h5-8,10,12,20H,9,11,13H2,1-4H3,(H,21,27)/b23-10?,24-18+. The molecule has 166 valence electrons. The number of hydrogen-bond donors (Lipinski definition) is 1. The first-order valence-corrected chi connectivity index (χ1v) is 10.5. The first kappa shape index (κ1) is 22.6. The van der Waals surface area contributed by atoms with Crippen LogP contribution in [0.5, 0.6) is 0 Å². The molecule has 10 nitrogen and oxygen atoms in total. The lowest BCUT2D eigenvalue weighted by atomic mass is 10.0. The van der Waals surface area contributed by atoms with Gasteiger partial charge in [-0.05, 0) is 6.92 Å². The molecule has 1 N–H and O–H groups in total. The molecule has 1 aromatic carbocycles. The van der Waals surface area contributed by atoms with Crippen LogP contribution in [0.2, 0.25) is 0 Å². The van der Waals surface area contributed by atoms with Gasteiger partial charge >= 0.3 is 0 Å². The number of rotatable bonds is 10. The lowest BCUT2D eigenvalue weighted by molar-refractivity contribution is -0.114. The minimum Gasteiger partial charge on any atom is -0.398 e. The van der Waals surface area contributed by atoms with Crippen LogP contribution in [0.3, 0.4) is 0 Å². The van der Waals surface area contributed by atoms with Gasteiger partial charge in [-0.25, -0.2) is 5.01 Å². The maximum Gasteiger partial charge on any atom is 0.273 e. The first-order chi connectivity index (χ1) is 15.1. The lowest BCUT2D eigenvalue weighted by Crippen LogP contribution is -2.34. The number of carbonyl (C=O) groups excluding carboxylic acids is 1. The molecule has 0 aliphatic carbocycles. The Morgan fingerprint density at radius 1 is 1.35 bits per heavy atom. The fourth-order valence-electron chi connectivity index (χ4n) is 3.15. The molecule has 0 bridgehead atoms. The summed E-state index contributed by atoms with van der Waals surface area (Å²) in [6, 6.07) is 7.33. The van der Waals surface area contributed by atoms with Gasteiger partial charge < -0.3 is 24.6 Å². The zero-order valence-electron chi connectivity index (χ0n) is 17.9. The van der Waals surface area contributed by atoms with E-state index < -0.39 is 0 Å². The van der Waals surface area contributed by atoms with Crippen molar-refractivity contribution in [2.45, 2.75) is 25.4 Å². The number of ether oxygens (including phenoxy) is 1. The van der Waals surface area contributed by atoms with Crippen LogP contribution in [0, 0.1) is 0 Å². The second-order valence-electron chi connectivity index (χ2n) is 6.58. The van der Waals surface area contributed by atoms with Crippen LogP contribution in [-0.4, -0.2) is 67.6 Å². The van der Waals surface area contributed by atoms with Crippen molar-refractivity contribution in [3.63, 3.8) is 0 Å². The summed E-state index contributed by atoms with van der Waals surface area (Å²) in [5.41, 5.74) is 2.73. The van der Waals surface area contributed by atoms with Gasteiger partial charge in [0.15, 0.2) is 11.2 Å². The van der Waals surface area contributed by atoms with E-state index in [9.17, 15) is 4.79 Å². The molecule has 3 rings (SSSR count). The number of nitrogens with zero attached hydrogens (tertiary/aromatic N) is 5. The molecule has 1 atom stereocenters. The van der Waals surface area contributed by atoms with Crippen LogP contribution in [0.1, 0.15) is 24.5 Å². The van der Waals surface area contributed by atoms with Gasteiger partial charge in [-0.15, -0.1) is 0 Å². The molecule has 0 aromatic heterocycles. The van der Waals surface area contributed by atoms with Crippen LogP contribution >= 0.6 is 11.8 Å². The normalized spacial score (nSPS) is 18.2. The topological polar surface area (TPSA) is 100 Å². The van der Waals surface area contributed by atoms with Gasteiger partial charge in [0.2, 0.25) is 0 Å². The quantitative estimate of drug-likeness (QED) is 0.434. The summed E-state index contributed by atoms with van der Waals surface area (Å²) < 4.78 is 5.21. The Morgan fingerprint density at radius 2 is 2.16 bits per heavy atom. The molecule has 2 heterocycles. The molecule has 2 aliphatic rings. The molecule has 1 aromatic rings. The van der Waals surface area contributed by atoms with E-state index in [1.165, 1.54) is 12.0 Å². The fourth-order valence-corrected chi connectivity index (χ4v) is 4.31. The smallest absolute Gasteiger partial charge is 0.273 e. The Bertz CT molecular complexity index is 917. The summed E-state index contributed by atoms with van der Waals surface area (Å²) in [5, 5.41) is 16.9. The number of benzene rings is 1. The van der Waals surface area contributed by atoms with Crippen LogP contribution in [0.25, 0.3) is 0 Å². The molecule has 0 radical (unpaired) electrons. The summed E-state index contributed by atoms with van der Waals surface area (Å²) in [4.78, 5) is 25.7. The van der Waals surface area contributed by atoms with Gasteiger partial charge in [-0.2, -0.15) is 5.10 Å². The fraction of sp³-hybridized carbons (Fsp3) is 0.400. The minimum absolute atomic E-state index is 0.0827. The largest absolute Gasteiger partial charge is 0.398 e. The summed E-state index contributed by atoms with van der Waals surface area (Å²) in [5.74, 6) is -0.345. The minimum atomic E-state index is -0.345. The number of hydrazone groups is 1. The van der Waals surface area contributed by atoms with Gasteiger partial charge in [-0.3, -0.25) is 4.79 Å². The van der Waals surface area contributed by atoms with Crippen LogP contribution in [-0.2, 0) is 25.8 Å². The number of oxime groups is 2. The number of carbonyl (C=O) groups is 1. The number of amides is 1. The van der Waals surface area contributed by atoms with Crippen LogP contribution < -0.4 is 5.32 Å². The second kappa shape index (κ2) is 10.8. The lowest BCUT2D eigenvalue weighted by Gasteiger charge is -2.23. The van der Waals surface area contributed by atoms with Crippen LogP contribution in [0.4, 0.5) is 0 Å². The van der Waals surface area contributed by atoms with Gasteiger partial charge in [0.1, 0.15) is 26.8 Å². The van der Waals surface area contributed by atoms with Crippen molar-refractivity contribution < 1.29 is 19.2 Å². The number of allylic oxidation sites excluding steroid dienone is 2. The zero-order chi connectivity index (χ0) is 22.2. The third-order valence-corrected chi connectivity index (χ3v) is 5.88. The zero-order valence-corrected chi connectivity index (χ0v) is 18.8. The summed E-state index contributed by atoms with van der Waals surface area (Å²) >= 11 is 1.73. The Morgan fingerprint density at radius 3 is 2.90 bits per heavy atom. The predicted molar refractivity (Wildman–Crippen MR) is 120 cm³/mol. The highest BCUT2D eigenvalue weighted by Crippen LogP contribution is 2.42. The Kier molecular flexibility index (Phi) is 7.90. The number of methoxy groups -OCH3 is 1. The summed E-state index contributed by atoms with van der Waals surface area (Å²) in [6.45, 7) is 2.74. The van der Waals surface area contributed by atoms with E-state index in [4.69, 9.17) is 14.4 Å². The average molecular weight is 447 g/mol. The Labute approximate surface area is 185 Å². The number of hydrogen-bond acceptors (Lipinski definition) is 10. The van der Waals surface area contributed by atoms with E-state index in [2.05, 4.69) is 27.7 Å². The van der Waals surface area contributed by atoms with E-state index in [0.29, 0.717) is 18.7 Å². The van der Waals surface area contributed by atoms with Gasteiger partial charge in [-0.1, -0.05) is 46.3 Å². The maximum atomic E-state index is 12.1. The van der Waals surface area contributed by atoms with Crippen molar-refractivity contribution in [3.8, 4) is 0 Å². The number of nitrogens with one attached hydrogen (secondary N) is 1. The van der Waals surface area contributed by atoms with E-state index in [-0.39, 0.29) is 23.7 Å². The highest BCUT2D eigenvalue weighted by atomic mass is 32.2. The molecule has 11 heteroatoms. The highest BCUT2D eigenvalue weighted by molar-refractivity contribution is 8.03. The van der Waals surface area contributed by atoms with Crippen molar-refractivity contribution in [3.05, 3.63) is 46.0 Å². The number of fused-ring (bicyclic) bond motifs is 1. The molecular formula is C20H26N6O4S. The molecule has 0 spiro atoms. The van der Waals surface area contributed by atoms with E-state index in [1.54, 1.807) is 44.5 Å². The average Bonchev–Trinajstić information content (AvgIpc) is 3.30. The van der Waals surface area contributed by atoms with Crippen molar-refractivity contribution in [1.29, 1.82) is 0 Å². The van der Waals surface area contributed by atoms with Crippen molar-refractivity contribution in [2.75, 3.05) is 28.0 Å². The van der Waals surface area contributed by atoms with E-state index >= 15 is 0 Å².